The molecule has 2 aromatic heterocycles. The minimum Gasteiger partial charge on any atom is -0.497 e. The molecule has 1 fully saturated rings. The molecular weight excluding hydrogens is 474 g/mol. The Balaban J connectivity index is 1.32. The van der Waals surface area contributed by atoms with Gasteiger partial charge in [0.15, 0.2) is 10.9 Å². The third-order valence-electron chi connectivity index (χ3n) is 6.29. The van der Waals surface area contributed by atoms with Crippen LogP contribution in [0.5, 0.6) is 5.75 Å². The van der Waals surface area contributed by atoms with Gasteiger partial charge >= 0.3 is 0 Å². The average Bonchev–Trinajstić information content (AvgIpc) is 3.56. The fourth-order valence-electron chi connectivity index (χ4n) is 4.39. The van der Waals surface area contributed by atoms with Crippen molar-refractivity contribution in [3.63, 3.8) is 0 Å². The third kappa shape index (κ3) is 5.79. The van der Waals surface area contributed by atoms with Crippen molar-refractivity contribution < 1.29 is 13.9 Å². The van der Waals surface area contributed by atoms with Crippen LogP contribution in [0, 0.1) is 0 Å². The summed E-state index contributed by atoms with van der Waals surface area (Å²) >= 11 is 1.47. The largest absolute Gasteiger partial charge is 0.497 e. The number of thioether (sulfide) groups is 1. The highest BCUT2D eigenvalue weighted by Crippen LogP contribution is 2.27. The molecule has 1 amide bonds. The number of methoxy groups -OCH3 is 1. The van der Waals surface area contributed by atoms with Crippen molar-refractivity contribution >= 4 is 17.7 Å². The molecule has 0 aliphatic heterocycles. The molecule has 5 rings (SSSR count). The molecule has 2 aromatic carbocycles. The molecule has 0 atom stereocenters. The number of ether oxygens (including phenoxy) is 1. The van der Waals surface area contributed by atoms with Gasteiger partial charge in [-0.15, -0.1) is 10.2 Å². The highest BCUT2D eigenvalue weighted by Gasteiger charge is 2.20. The number of carbonyl (C=O) groups excluding carboxylic acids is 1. The minimum absolute atomic E-state index is 0.173. The molecule has 0 unspecified atom stereocenters. The van der Waals surface area contributed by atoms with Crippen LogP contribution in [0.3, 0.4) is 0 Å². The van der Waals surface area contributed by atoms with Crippen molar-refractivity contribution in [2.75, 3.05) is 7.11 Å². The highest BCUT2D eigenvalue weighted by atomic mass is 32.2. The number of carbonyl (C=O) groups is 1. The first-order chi connectivity index (χ1) is 17.7. The SMILES string of the molecule is COc1ccc(-n2c(Cc3ccccc3)nnc2SCc2nc(C(=O)NC3CCCCC3)co2)cc1. The second-order valence-electron chi connectivity index (χ2n) is 8.82. The summed E-state index contributed by atoms with van der Waals surface area (Å²) in [7, 11) is 1.65. The summed E-state index contributed by atoms with van der Waals surface area (Å²) in [6.45, 7) is 0. The Bertz CT molecular complexity index is 1280. The van der Waals surface area contributed by atoms with Gasteiger partial charge in [0.05, 0.1) is 12.9 Å². The molecule has 0 radical (unpaired) electrons. The number of nitrogens with zero attached hydrogens (tertiary/aromatic N) is 4. The van der Waals surface area contributed by atoms with Crippen LogP contribution in [0.15, 0.2) is 70.4 Å². The molecule has 1 N–H and O–H groups in total. The molecule has 8 nitrogen and oxygen atoms in total. The van der Waals surface area contributed by atoms with E-state index in [1.54, 1.807) is 7.11 Å². The van der Waals surface area contributed by atoms with E-state index < -0.39 is 0 Å². The predicted molar refractivity (Wildman–Crippen MR) is 138 cm³/mol. The van der Waals surface area contributed by atoms with Crippen molar-refractivity contribution in [3.8, 4) is 11.4 Å². The first-order valence-electron chi connectivity index (χ1n) is 12.2. The van der Waals surface area contributed by atoms with E-state index in [2.05, 4.69) is 32.6 Å². The van der Waals surface area contributed by atoms with E-state index in [1.165, 1.54) is 24.4 Å². The van der Waals surface area contributed by atoms with E-state index in [9.17, 15) is 4.79 Å². The van der Waals surface area contributed by atoms with Gasteiger partial charge in [-0.2, -0.15) is 0 Å². The molecule has 9 heteroatoms. The summed E-state index contributed by atoms with van der Waals surface area (Å²) in [5.74, 6) is 2.34. The van der Waals surface area contributed by atoms with Gasteiger partial charge in [0.2, 0.25) is 5.89 Å². The van der Waals surface area contributed by atoms with E-state index in [0.29, 0.717) is 23.8 Å². The molecule has 2 heterocycles. The highest BCUT2D eigenvalue weighted by molar-refractivity contribution is 7.98. The normalized spacial score (nSPS) is 14.0. The van der Waals surface area contributed by atoms with Gasteiger partial charge in [-0.1, -0.05) is 61.4 Å². The van der Waals surface area contributed by atoms with Gasteiger partial charge in [-0.25, -0.2) is 4.98 Å². The standard InChI is InChI=1S/C27H29N5O3S/c1-34-22-14-12-21(13-15-22)32-24(16-19-8-4-2-5-9-19)30-31-27(32)36-18-25-29-23(17-35-25)26(33)28-20-10-6-3-7-11-20/h2,4-5,8-9,12-15,17,20H,3,6-7,10-11,16,18H2,1H3,(H,28,33). The van der Waals surface area contributed by atoms with Crippen LogP contribution < -0.4 is 10.1 Å². The number of hydrogen-bond donors (Lipinski definition) is 1. The van der Waals surface area contributed by atoms with Gasteiger partial charge in [0.25, 0.3) is 5.91 Å². The van der Waals surface area contributed by atoms with Crippen LogP contribution in [-0.2, 0) is 12.2 Å². The number of nitrogens with one attached hydrogen (secondary N) is 1. The Morgan fingerprint density at radius 2 is 1.86 bits per heavy atom. The summed E-state index contributed by atoms with van der Waals surface area (Å²) in [5.41, 5.74) is 2.41. The summed E-state index contributed by atoms with van der Waals surface area (Å²) < 4.78 is 13.0. The zero-order valence-corrected chi connectivity index (χ0v) is 21.0. The van der Waals surface area contributed by atoms with E-state index in [1.807, 2.05) is 47.0 Å². The van der Waals surface area contributed by atoms with E-state index in [-0.39, 0.29) is 11.9 Å². The van der Waals surface area contributed by atoms with Crippen molar-refractivity contribution in [2.45, 2.75) is 55.5 Å². The Labute approximate surface area is 214 Å². The van der Waals surface area contributed by atoms with Crippen molar-refractivity contribution in [1.82, 2.24) is 25.1 Å². The Kier molecular flexibility index (Phi) is 7.66. The van der Waals surface area contributed by atoms with Crippen LogP contribution in [-0.4, -0.2) is 38.8 Å². The van der Waals surface area contributed by atoms with Crippen LogP contribution in [0.2, 0.25) is 0 Å². The zero-order chi connectivity index (χ0) is 24.7. The molecule has 36 heavy (non-hydrogen) atoms. The fraction of sp³-hybridized carbons (Fsp3) is 0.333. The smallest absolute Gasteiger partial charge is 0.273 e. The average molecular weight is 504 g/mol. The van der Waals surface area contributed by atoms with Crippen molar-refractivity contribution in [2.24, 2.45) is 0 Å². The molecule has 4 aromatic rings. The molecule has 186 valence electrons. The molecule has 1 aliphatic carbocycles. The molecule has 0 spiro atoms. The number of amides is 1. The lowest BCUT2D eigenvalue weighted by molar-refractivity contribution is 0.0922. The van der Waals surface area contributed by atoms with Crippen LogP contribution >= 0.6 is 11.8 Å². The van der Waals surface area contributed by atoms with Crippen LogP contribution in [0.25, 0.3) is 5.69 Å². The lowest BCUT2D eigenvalue weighted by Crippen LogP contribution is -2.36. The second-order valence-corrected chi connectivity index (χ2v) is 9.76. The Morgan fingerprint density at radius 1 is 1.08 bits per heavy atom. The molecule has 1 aliphatic rings. The monoisotopic (exact) mass is 503 g/mol. The molecule has 0 bridgehead atoms. The first kappa shape index (κ1) is 24.1. The molecular formula is C27H29N5O3S. The number of rotatable bonds is 9. The number of benzene rings is 2. The van der Waals surface area contributed by atoms with Gasteiger partial charge in [0.1, 0.15) is 17.8 Å². The Morgan fingerprint density at radius 3 is 2.61 bits per heavy atom. The maximum Gasteiger partial charge on any atom is 0.273 e. The summed E-state index contributed by atoms with van der Waals surface area (Å²) in [4.78, 5) is 17.0. The predicted octanol–water partition coefficient (Wildman–Crippen LogP) is 5.21. The maximum atomic E-state index is 12.6. The number of hydrogen-bond acceptors (Lipinski definition) is 7. The quantitative estimate of drug-likeness (QED) is 0.313. The first-order valence-corrected chi connectivity index (χ1v) is 13.2. The minimum atomic E-state index is -0.173. The number of oxazole rings is 1. The summed E-state index contributed by atoms with van der Waals surface area (Å²) in [6, 6.07) is 18.2. The van der Waals surface area contributed by atoms with Gasteiger partial charge in [0, 0.05) is 18.2 Å². The Hall–Kier alpha value is -3.59. The zero-order valence-electron chi connectivity index (χ0n) is 20.2. The third-order valence-corrected chi connectivity index (χ3v) is 7.20. The van der Waals surface area contributed by atoms with Crippen molar-refractivity contribution in [3.05, 3.63) is 83.8 Å². The maximum absolute atomic E-state index is 12.6. The lowest BCUT2D eigenvalue weighted by atomic mass is 9.95. The van der Waals surface area contributed by atoms with Gasteiger partial charge < -0.3 is 14.5 Å². The van der Waals surface area contributed by atoms with Gasteiger partial charge in [-0.3, -0.25) is 9.36 Å². The topological polar surface area (TPSA) is 95.1 Å². The van der Waals surface area contributed by atoms with E-state index in [0.717, 1.165) is 53.7 Å². The van der Waals surface area contributed by atoms with Crippen LogP contribution in [0.4, 0.5) is 0 Å². The number of aromatic nitrogens is 4. The molecule has 1 saturated carbocycles. The van der Waals surface area contributed by atoms with Crippen molar-refractivity contribution in [1.29, 1.82) is 0 Å². The summed E-state index contributed by atoms with van der Waals surface area (Å²) in [5, 5.41) is 12.8. The second kappa shape index (κ2) is 11.4. The molecule has 0 saturated heterocycles. The van der Waals surface area contributed by atoms with E-state index >= 15 is 0 Å². The fourth-order valence-corrected chi connectivity index (χ4v) is 5.21. The van der Waals surface area contributed by atoms with Crippen LogP contribution in [0.1, 0.15) is 59.9 Å². The van der Waals surface area contributed by atoms with E-state index in [4.69, 9.17) is 9.15 Å². The van der Waals surface area contributed by atoms with Gasteiger partial charge in [-0.05, 0) is 42.7 Å². The lowest BCUT2D eigenvalue weighted by Gasteiger charge is -2.22. The summed E-state index contributed by atoms with van der Waals surface area (Å²) in [6.07, 6.45) is 7.69.